The third kappa shape index (κ3) is 10.6. The molecule has 1 aromatic heterocycles. The van der Waals surface area contributed by atoms with E-state index in [1.807, 2.05) is 42.5 Å². The van der Waals surface area contributed by atoms with Gasteiger partial charge in [-0.2, -0.15) is 0 Å². The van der Waals surface area contributed by atoms with E-state index in [0.717, 1.165) is 36.3 Å². The van der Waals surface area contributed by atoms with Crippen LogP contribution in [0.4, 0.5) is 0 Å². The molecule has 0 unspecified atom stereocenters. The number of aromatic hydroxyl groups is 2. The Morgan fingerprint density at radius 1 is 0.683 bits per heavy atom. The summed E-state index contributed by atoms with van der Waals surface area (Å²) in [7, 11) is 3.16. The zero-order valence-electron chi connectivity index (χ0n) is 24.8. The maximum Gasteiger partial charge on any atom is 0.161 e. The van der Waals surface area contributed by atoms with Crippen molar-refractivity contribution in [1.82, 2.24) is 15.4 Å². The molecule has 3 aromatic carbocycles. The molecule has 0 fully saturated rings. The van der Waals surface area contributed by atoms with Crippen LogP contribution in [-0.2, 0) is 0 Å². The summed E-state index contributed by atoms with van der Waals surface area (Å²) in [6, 6.07) is 23.5. The first kappa shape index (κ1) is 32.9. The van der Waals surface area contributed by atoms with Crippen molar-refractivity contribution in [3.05, 3.63) is 85.1 Å². The molecule has 0 radical (unpaired) electrons. The van der Waals surface area contributed by atoms with Crippen molar-refractivity contribution in [2.75, 3.05) is 14.2 Å². The van der Waals surface area contributed by atoms with Gasteiger partial charge in [0.15, 0.2) is 23.0 Å². The number of phenolic OH excluding ortho intramolecular Hbond substituents is 2. The van der Waals surface area contributed by atoms with E-state index in [9.17, 15) is 5.11 Å². The number of hydrogen-bond acceptors (Lipinski definition) is 8. The SMILES string of the molecule is CCCCCC(CC)(CC)Oc1ccccc1O.COc1ccccc1-c1ccnnn1.COc1ccccc1O. The number of aromatic nitrogens is 3. The lowest BCUT2D eigenvalue weighted by Crippen LogP contribution is -2.34. The molecule has 220 valence electrons. The summed E-state index contributed by atoms with van der Waals surface area (Å²) >= 11 is 0. The summed E-state index contributed by atoms with van der Waals surface area (Å²) < 4.78 is 16.1. The van der Waals surface area contributed by atoms with Gasteiger partial charge in [-0.05, 0) is 73.4 Å². The molecule has 0 spiro atoms. The molecular weight excluding hydrogens is 518 g/mol. The number of benzene rings is 3. The second kappa shape index (κ2) is 18.1. The van der Waals surface area contributed by atoms with Gasteiger partial charge >= 0.3 is 0 Å². The number of methoxy groups -OCH3 is 2. The number of phenols is 2. The molecule has 0 aliphatic rings. The average molecular weight is 562 g/mol. The van der Waals surface area contributed by atoms with E-state index in [2.05, 4.69) is 36.2 Å². The van der Waals surface area contributed by atoms with E-state index in [0.29, 0.717) is 11.5 Å². The van der Waals surface area contributed by atoms with Crippen LogP contribution in [0, 0.1) is 0 Å². The molecule has 2 N–H and O–H groups in total. The van der Waals surface area contributed by atoms with Crippen LogP contribution in [0.1, 0.15) is 59.3 Å². The predicted octanol–water partition coefficient (Wildman–Crippen LogP) is 7.86. The van der Waals surface area contributed by atoms with Crippen LogP contribution in [0.25, 0.3) is 11.3 Å². The number of para-hydroxylation sites is 5. The topological polar surface area (TPSA) is 107 Å². The summed E-state index contributed by atoms with van der Waals surface area (Å²) in [6.07, 6.45) is 8.26. The molecular formula is C33H43N3O5. The largest absolute Gasteiger partial charge is 0.504 e. The minimum absolute atomic E-state index is 0.131. The highest BCUT2D eigenvalue weighted by atomic mass is 16.5. The molecule has 1 heterocycles. The van der Waals surface area contributed by atoms with E-state index in [1.54, 1.807) is 49.7 Å². The third-order valence-corrected chi connectivity index (χ3v) is 6.69. The molecule has 0 saturated carbocycles. The molecule has 0 aliphatic heterocycles. The average Bonchev–Trinajstić information content (AvgIpc) is 3.03. The van der Waals surface area contributed by atoms with Crippen LogP contribution in [0.5, 0.6) is 28.7 Å². The summed E-state index contributed by atoms with van der Waals surface area (Å²) in [5.41, 5.74) is 1.55. The second-order valence-electron chi connectivity index (χ2n) is 9.30. The second-order valence-corrected chi connectivity index (χ2v) is 9.30. The standard InChI is InChI=1S/C16H26O2.C10H9N3O.C7H8O2/c1-4-7-10-13-16(5-2,6-3)18-15-12-9-8-11-14(15)17;1-14-10-5-3-2-4-8(10)9-6-7-11-13-12-9;1-9-7-5-3-2-4-6(7)8/h8-9,11-12,17H,4-7,10,13H2,1-3H3;2-7H,1H3;2-5,8H,1H3. The van der Waals surface area contributed by atoms with Crippen molar-refractivity contribution in [1.29, 1.82) is 0 Å². The predicted molar refractivity (Wildman–Crippen MR) is 163 cm³/mol. The Bertz CT molecular complexity index is 1270. The van der Waals surface area contributed by atoms with Gasteiger partial charge in [0.2, 0.25) is 0 Å². The monoisotopic (exact) mass is 561 g/mol. The van der Waals surface area contributed by atoms with E-state index in [-0.39, 0.29) is 17.1 Å². The normalized spacial score (nSPS) is 10.4. The van der Waals surface area contributed by atoms with Gasteiger partial charge in [-0.15, -0.1) is 10.2 Å². The van der Waals surface area contributed by atoms with Crippen molar-refractivity contribution in [2.45, 2.75) is 64.9 Å². The Morgan fingerprint density at radius 3 is 1.73 bits per heavy atom. The lowest BCUT2D eigenvalue weighted by Gasteiger charge is -2.33. The van der Waals surface area contributed by atoms with Crippen LogP contribution < -0.4 is 14.2 Å². The first-order valence-electron chi connectivity index (χ1n) is 14.0. The summed E-state index contributed by atoms with van der Waals surface area (Å²) in [4.78, 5) is 0. The Labute approximate surface area is 244 Å². The molecule has 41 heavy (non-hydrogen) atoms. The summed E-state index contributed by atoms with van der Waals surface area (Å²) in [6.45, 7) is 6.54. The first-order chi connectivity index (χ1) is 19.9. The summed E-state index contributed by atoms with van der Waals surface area (Å²) in [5.74, 6) is 2.32. The fourth-order valence-corrected chi connectivity index (χ4v) is 4.14. The van der Waals surface area contributed by atoms with Crippen molar-refractivity contribution < 1.29 is 24.4 Å². The molecule has 4 aromatic rings. The number of hydrogen-bond donors (Lipinski definition) is 2. The van der Waals surface area contributed by atoms with Gasteiger partial charge in [-0.25, -0.2) is 0 Å². The molecule has 0 amide bonds. The van der Waals surface area contributed by atoms with Crippen LogP contribution in [0.15, 0.2) is 85.1 Å². The lowest BCUT2D eigenvalue weighted by molar-refractivity contribution is 0.0456. The number of ether oxygens (including phenoxy) is 3. The Kier molecular flexibility index (Phi) is 14.5. The molecule has 0 aliphatic carbocycles. The zero-order valence-corrected chi connectivity index (χ0v) is 24.8. The Balaban J connectivity index is 0.000000227. The lowest BCUT2D eigenvalue weighted by atomic mass is 9.90. The van der Waals surface area contributed by atoms with E-state index >= 15 is 0 Å². The summed E-state index contributed by atoms with van der Waals surface area (Å²) in [5, 5.41) is 29.9. The smallest absolute Gasteiger partial charge is 0.161 e. The Hall–Kier alpha value is -4.33. The van der Waals surface area contributed by atoms with Gasteiger partial charge in [0.05, 0.1) is 20.4 Å². The quantitative estimate of drug-likeness (QED) is 0.178. The molecule has 8 nitrogen and oxygen atoms in total. The van der Waals surface area contributed by atoms with E-state index in [4.69, 9.17) is 19.3 Å². The van der Waals surface area contributed by atoms with Crippen molar-refractivity contribution in [3.63, 3.8) is 0 Å². The molecule has 0 bridgehead atoms. The minimum atomic E-state index is -0.131. The third-order valence-electron chi connectivity index (χ3n) is 6.69. The highest BCUT2D eigenvalue weighted by Crippen LogP contribution is 2.34. The zero-order chi connectivity index (χ0) is 29.9. The molecule has 8 heteroatoms. The first-order valence-corrected chi connectivity index (χ1v) is 14.0. The number of nitrogens with zero attached hydrogens (tertiary/aromatic N) is 3. The minimum Gasteiger partial charge on any atom is -0.504 e. The van der Waals surface area contributed by atoms with Gasteiger partial charge in [0.1, 0.15) is 17.0 Å². The number of unbranched alkanes of at least 4 members (excludes halogenated alkanes) is 2. The van der Waals surface area contributed by atoms with Gasteiger partial charge in [0, 0.05) is 5.56 Å². The van der Waals surface area contributed by atoms with E-state index in [1.165, 1.54) is 26.4 Å². The highest BCUT2D eigenvalue weighted by Gasteiger charge is 2.28. The van der Waals surface area contributed by atoms with Gasteiger partial charge < -0.3 is 24.4 Å². The number of rotatable bonds is 11. The van der Waals surface area contributed by atoms with Crippen LogP contribution in [0.2, 0.25) is 0 Å². The molecule has 4 rings (SSSR count). The maximum absolute atomic E-state index is 9.81. The fourth-order valence-electron chi connectivity index (χ4n) is 4.14. The highest BCUT2D eigenvalue weighted by molar-refractivity contribution is 5.66. The van der Waals surface area contributed by atoms with Gasteiger partial charge in [-0.1, -0.05) is 70.0 Å². The Morgan fingerprint density at radius 2 is 1.24 bits per heavy atom. The van der Waals surface area contributed by atoms with Gasteiger partial charge in [-0.3, -0.25) is 0 Å². The molecule has 0 atom stereocenters. The van der Waals surface area contributed by atoms with Crippen LogP contribution in [-0.4, -0.2) is 45.4 Å². The fraction of sp³-hybridized carbons (Fsp3) is 0.364. The molecule has 0 saturated heterocycles. The maximum atomic E-state index is 9.81. The van der Waals surface area contributed by atoms with Crippen molar-refractivity contribution in [2.24, 2.45) is 0 Å². The van der Waals surface area contributed by atoms with E-state index < -0.39 is 0 Å². The van der Waals surface area contributed by atoms with Gasteiger partial charge in [0.25, 0.3) is 0 Å². The van der Waals surface area contributed by atoms with Crippen molar-refractivity contribution in [3.8, 4) is 40.0 Å². The van der Waals surface area contributed by atoms with Crippen LogP contribution in [0.3, 0.4) is 0 Å². The van der Waals surface area contributed by atoms with Crippen molar-refractivity contribution >= 4 is 0 Å². The van der Waals surface area contributed by atoms with Crippen LogP contribution >= 0.6 is 0 Å².